The fraction of sp³-hybridized carbons (Fsp3) is 0.524. The second kappa shape index (κ2) is 10.1. The normalized spacial score (nSPS) is 19.2. The number of ether oxygens (including phenoxy) is 1. The molecule has 32 heavy (non-hydrogen) atoms. The molecule has 0 aliphatic carbocycles. The maximum absolute atomic E-state index is 12.4. The molecule has 1 saturated heterocycles. The van der Waals surface area contributed by atoms with Gasteiger partial charge in [0.1, 0.15) is 5.52 Å². The van der Waals surface area contributed by atoms with Crippen LogP contribution in [0.15, 0.2) is 25.0 Å². The molecule has 0 aromatic carbocycles. The third-order valence-electron chi connectivity index (χ3n) is 5.55. The number of alkyl halides is 3. The van der Waals surface area contributed by atoms with E-state index in [4.69, 9.17) is 4.74 Å². The molecule has 1 aliphatic rings. The fourth-order valence-electron chi connectivity index (χ4n) is 3.85. The summed E-state index contributed by atoms with van der Waals surface area (Å²) in [5, 5.41) is 2.50. The Morgan fingerprint density at radius 3 is 2.91 bits per heavy atom. The Balaban J connectivity index is 1.67. The highest BCUT2D eigenvalue weighted by molar-refractivity contribution is 6.04. The van der Waals surface area contributed by atoms with Crippen LogP contribution in [0.5, 0.6) is 0 Å². The van der Waals surface area contributed by atoms with E-state index in [1.54, 1.807) is 18.2 Å². The summed E-state index contributed by atoms with van der Waals surface area (Å²) in [6.07, 6.45) is 0.0565. The van der Waals surface area contributed by atoms with Crippen molar-refractivity contribution in [3.63, 3.8) is 0 Å². The highest BCUT2D eigenvalue weighted by Gasteiger charge is 2.31. The number of amides is 2. The van der Waals surface area contributed by atoms with Crippen molar-refractivity contribution in [2.24, 2.45) is 5.92 Å². The molecular formula is C21H26F3N5O3. The SMILES string of the molecule is C=CC(=O)N1CC[C@H](Cc2cnc3[nH]cc(C(=O)NCCCC(F)(F)F)c3n2)[C@H](OC)C1. The number of carbonyl (C=O) groups excluding carboxylic acids is 2. The van der Waals surface area contributed by atoms with E-state index >= 15 is 0 Å². The molecule has 2 aromatic rings. The molecule has 8 nitrogen and oxygen atoms in total. The van der Waals surface area contributed by atoms with Crippen molar-refractivity contribution in [1.29, 1.82) is 0 Å². The van der Waals surface area contributed by atoms with E-state index < -0.39 is 18.5 Å². The van der Waals surface area contributed by atoms with Gasteiger partial charge in [0.2, 0.25) is 5.91 Å². The van der Waals surface area contributed by atoms with Gasteiger partial charge in [-0.15, -0.1) is 0 Å². The number of rotatable bonds is 8. The highest BCUT2D eigenvalue weighted by atomic mass is 19.4. The maximum atomic E-state index is 12.4. The van der Waals surface area contributed by atoms with Gasteiger partial charge < -0.3 is 19.9 Å². The number of methoxy groups -OCH3 is 1. The first-order valence-electron chi connectivity index (χ1n) is 10.3. The number of halogens is 3. The summed E-state index contributed by atoms with van der Waals surface area (Å²) in [6.45, 7) is 4.47. The van der Waals surface area contributed by atoms with Crippen LogP contribution >= 0.6 is 0 Å². The van der Waals surface area contributed by atoms with E-state index in [9.17, 15) is 22.8 Å². The molecule has 0 spiro atoms. The predicted octanol–water partition coefficient (Wildman–Crippen LogP) is 2.62. The molecule has 3 heterocycles. The number of aromatic nitrogens is 3. The Bertz CT molecular complexity index is 975. The predicted molar refractivity (Wildman–Crippen MR) is 111 cm³/mol. The van der Waals surface area contributed by atoms with Gasteiger partial charge in [-0.05, 0) is 31.3 Å². The number of piperidine rings is 1. The number of carbonyl (C=O) groups is 2. The molecule has 1 fully saturated rings. The van der Waals surface area contributed by atoms with E-state index in [1.165, 1.54) is 12.3 Å². The number of fused-ring (bicyclic) bond motifs is 1. The zero-order valence-electron chi connectivity index (χ0n) is 17.7. The fourth-order valence-corrected chi connectivity index (χ4v) is 3.85. The molecule has 11 heteroatoms. The number of aromatic amines is 1. The Labute approximate surface area is 183 Å². The van der Waals surface area contributed by atoms with Gasteiger partial charge in [0, 0.05) is 39.4 Å². The second-order valence-electron chi connectivity index (χ2n) is 7.75. The van der Waals surface area contributed by atoms with Gasteiger partial charge >= 0.3 is 6.18 Å². The maximum Gasteiger partial charge on any atom is 0.389 e. The van der Waals surface area contributed by atoms with E-state index in [2.05, 4.69) is 26.8 Å². The first-order valence-corrected chi connectivity index (χ1v) is 10.3. The van der Waals surface area contributed by atoms with E-state index in [-0.39, 0.29) is 36.5 Å². The molecule has 0 unspecified atom stereocenters. The van der Waals surface area contributed by atoms with E-state index in [0.29, 0.717) is 36.4 Å². The van der Waals surface area contributed by atoms with Crippen LogP contribution in [-0.4, -0.2) is 70.7 Å². The molecule has 0 radical (unpaired) electrons. The number of H-pyrrole nitrogens is 1. The van der Waals surface area contributed by atoms with Crippen LogP contribution in [0, 0.1) is 5.92 Å². The molecule has 2 atom stereocenters. The van der Waals surface area contributed by atoms with E-state index in [1.807, 2.05) is 0 Å². The first-order chi connectivity index (χ1) is 15.2. The molecule has 2 amide bonds. The van der Waals surface area contributed by atoms with Gasteiger partial charge in [0.15, 0.2) is 5.65 Å². The lowest BCUT2D eigenvalue weighted by Crippen LogP contribution is -2.47. The molecule has 0 saturated carbocycles. The van der Waals surface area contributed by atoms with Gasteiger partial charge in [-0.1, -0.05) is 6.58 Å². The summed E-state index contributed by atoms with van der Waals surface area (Å²) in [7, 11) is 1.60. The van der Waals surface area contributed by atoms with Crippen molar-refractivity contribution in [2.75, 3.05) is 26.7 Å². The molecule has 0 bridgehead atoms. The van der Waals surface area contributed by atoms with Crippen molar-refractivity contribution in [1.82, 2.24) is 25.2 Å². The Hall–Kier alpha value is -2.95. The van der Waals surface area contributed by atoms with Crippen molar-refractivity contribution >= 4 is 23.0 Å². The Morgan fingerprint density at radius 1 is 1.44 bits per heavy atom. The third-order valence-corrected chi connectivity index (χ3v) is 5.55. The average molecular weight is 453 g/mol. The quantitative estimate of drug-likeness (QED) is 0.473. The van der Waals surface area contributed by atoms with E-state index in [0.717, 1.165) is 6.42 Å². The number of hydrogen-bond donors (Lipinski definition) is 2. The minimum absolute atomic E-state index is 0.0876. The van der Waals surface area contributed by atoms with Gasteiger partial charge in [0.25, 0.3) is 5.91 Å². The van der Waals surface area contributed by atoms with Crippen LogP contribution in [0.3, 0.4) is 0 Å². The first kappa shape index (κ1) is 23.7. The number of nitrogens with one attached hydrogen (secondary N) is 2. The summed E-state index contributed by atoms with van der Waals surface area (Å²) in [5.74, 6) is -0.528. The smallest absolute Gasteiger partial charge is 0.379 e. The van der Waals surface area contributed by atoms with Crippen LogP contribution in [0.2, 0.25) is 0 Å². The largest absolute Gasteiger partial charge is 0.389 e. The number of hydrogen-bond acceptors (Lipinski definition) is 5. The number of likely N-dealkylation sites (tertiary alicyclic amines) is 1. The van der Waals surface area contributed by atoms with Crippen LogP contribution in [0.25, 0.3) is 11.2 Å². The van der Waals surface area contributed by atoms with Gasteiger partial charge in [0.05, 0.1) is 23.6 Å². The monoisotopic (exact) mass is 453 g/mol. The Morgan fingerprint density at radius 2 is 2.22 bits per heavy atom. The number of nitrogens with zero attached hydrogens (tertiary/aromatic N) is 3. The lowest BCUT2D eigenvalue weighted by molar-refractivity contribution is -0.135. The van der Waals surface area contributed by atoms with Gasteiger partial charge in [-0.25, -0.2) is 9.97 Å². The van der Waals surface area contributed by atoms with Gasteiger partial charge in [-0.3, -0.25) is 9.59 Å². The summed E-state index contributed by atoms with van der Waals surface area (Å²) >= 11 is 0. The van der Waals surface area contributed by atoms with Crippen LogP contribution in [0.1, 0.15) is 35.3 Å². The average Bonchev–Trinajstić information content (AvgIpc) is 3.19. The second-order valence-corrected chi connectivity index (χ2v) is 7.75. The minimum atomic E-state index is -4.25. The molecule has 174 valence electrons. The minimum Gasteiger partial charge on any atom is -0.379 e. The molecule has 1 aliphatic heterocycles. The molecule has 2 aromatic heterocycles. The van der Waals surface area contributed by atoms with Crippen molar-refractivity contribution < 1.29 is 27.5 Å². The summed E-state index contributed by atoms with van der Waals surface area (Å²) < 4.78 is 42.4. The highest BCUT2D eigenvalue weighted by Crippen LogP contribution is 2.25. The Kier molecular flexibility index (Phi) is 7.49. The van der Waals surface area contributed by atoms with Crippen molar-refractivity contribution in [3.05, 3.63) is 36.3 Å². The van der Waals surface area contributed by atoms with Crippen LogP contribution < -0.4 is 5.32 Å². The molecule has 3 rings (SSSR count). The van der Waals surface area contributed by atoms with Crippen molar-refractivity contribution in [3.8, 4) is 0 Å². The topological polar surface area (TPSA) is 100 Å². The zero-order chi connectivity index (χ0) is 23.3. The summed E-state index contributed by atoms with van der Waals surface area (Å²) in [5.41, 5.74) is 1.68. The summed E-state index contributed by atoms with van der Waals surface area (Å²) in [4.78, 5) is 37.8. The lowest BCUT2D eigenvalue weighted by atomic mass is 9.89. The molecule has 2 N–H and O–H groups in total. The molecular weight excluding hydrogens is 427 g/mol. The van der Waals surface area contributed by atoms with Crippen molar-refractivity contribution in [2.45, 2.75) is 38.0 Å². The standard InChI is InChI=1S/C21H26F3N5O3/c1-3-17(30)29-8-5-13(16(12-29)32-2)9-14-10-26-19-18(28-14)15(11-27-19)20(31)25-7-4-6-21(22,23)24/h3,10-11,13,16H,1,4-9,12H2,2H3,(H,25,31)(H,26,27)/t13-,16-/m1/s1. The van der Waals surface area contributed by atoms with Crippen LogP contribution in [0.4, 0.5) is 13.2 Å². The zero-order valence-corrected chi connectivity index (χ0v) is 17.7. The van der Waals surface area contributed by atoms with Crippen LogP contribution in [-0.2, 0) is 16.0 Å². The third kappa shape index (κ3) is 5.84. The lowest BCUT2D eigenvalue weighted by Gasteiger charge is -2.37. The van der Waals surface area contributed by atoms with Gasteiger partial charge in [-0.2, -0.15) is 13.2 Å². The summed E-state index contributed by atoms with van der Waals surface area (Å²) in [6, 6.07) is 0.